The Kier molecular flexibility index (Phi) is 3.19. The first-order chi connectivity index (χ1) is 8.50. The second kappa shape index (κ2) is 4.64. The van der Waals surface area contributed by atoms with Crippen molar-refractivity contribution in [2.45, 2.75) is 20.4 Å². The highest BCUT2D eigenvalue weighted by molar-refractivity contribution is 6.09. The molecule has 0 radical (unpaired) electrons. The molecular weight excluding hydrogens is 228 g/mol. The highest BCUT2D eigenvalue weighted by atomic mass is 16.1. The largest absolute Gasteiger partial charge is 0.368 e. The Bertz CT molecular complexity index is 611. The number of carbonyl (C=O) groups is 2. The Labute approximate surface area is 105 Å². The summed E-state index contributed by atoms with van der Waals surface area (Å²) < 4.78 is 1.73. The maximum atomic E-state index is 12.1. The van der Waals surface area contributed by atoms with Gasteiger partial charge in [0.25, 0.3) is 0 Å². The van der Waals surface area contributed by atoms with E-state index < -0.39 is 5.91 Å². The number of fused-ring (bicyclic) bond motifs is 1. The minimum atomic E-state index is -0.417. The molecule has 0 bridgehead atoms. The fourth-order valence-electron chi connectivity index (χ4n) is 2.05. The van der Waals surface area contributed by atoms with Crippen molar-refractivity contribution in [1.29, 1.82) is 0 Å². The van der Waals surface area contributed by atoms with Crippen LogP contribution in [0.15, 0.2) is 30.5 Å². The minimum Gasteiger partial charge on any atom is -0.368 e. The molecule has 4 heteroatoms. The zero-order valence-corrected chi connectivity index (χ0v) is 10.5. The Balaban J connectivity index is 2.61. The monoisotopic (exact) mass is 244 g/mol. The molecule has 0 saturated carbocycles. The zero-order chi connectivity index (χ0) is 13.3. The summed E-state index contributed by atoms with van der Waals surface area (Å²) in [7, 11) is 0. The number of carbonyl (C=O) groups excluding carboxylic acids is 2. The van der Waals surface area contributed by atoms with Crippen molar-refractivity contribution in [2.75, 3.05) is 0 Å². The molecule has 1 aromatic carbocycles. The SMILES string of the molecule is CC(C)C(=O)c1cn(CC(N)=O)c2ccccc12. The molecule has 1 heterocycles. The lowest BCUT2D eigenvalue weighted by molar-refractivity contribution is -0.118. The molecule has 2 N–H and O–H groups in total. The van der Waals surface area contributed by atoms with Gasteiger partial charge in [0.05, 0.1) is 0 Å². The molecule has 2 rings (SSSR count). The summed E-state index contributed by atoms with van der Waals surface area (Å²) in [6.45, 7) is 3.82. The van der Waals surface area contributed by atoms with Crippen LogP contribution in [0.2, 0.25) is 0 Å². The van der Waals surface area contributed by atoms with Crippen LogP contribution in [0.3, 0.4) is 0 Å². The zero-order valence-electron chi connectivity index (χ0n) is 10.5. The Morgan fingerprint density at radius 3 is 2.56 bits per heavy atom. The van der Waals surface area contributed by atoms with Gasteiger partial charge in [-0.25, -0.2) is 0 Å². The lowest BCUT2D eigenvalue weighted by atomic mass is 10.0. The van der Waals surface area contributed by atoms with Crippen LogP contribution in [0, 0.1) is 5.92 Å². The second-order valence-corrected chi connectivity index (χ2v) is 4.67. The summed E-state index contributed by atoms with van der Waals surface area (Å²) in [5.41, 5.74) is 6.73. The van der Waals surface area contributed by atoms with Gasteiger partial charge >= 0.3 is 0 Å². The summed E-state index contributed by atoms with van der Waals surface area (Å²) in [5, 5.41) is 0.873. The number of primary amides is 1. The van der Waals surface area contributed by atoms with E-state index in [2.05, 4.69) is 0 Å². The maximum absolute atomic E-state index is 12.1. The van der Waals surface area contributed by atoms with Crippen molar-refractivity contribution < 1.29 is 9.59 Å². The van der Waals surface area contributed by atoms with E-state index in [0.29, 0.717) is 5.56 Å². The van der Waals surface area contributed by atoms with Crippen LogP contribution in [-0.4, -0.2) is 16.3 Å². The van der Waals surface area contributed by atoms with Crippen molar-refractivity contribution in [1.82, 2.24) is 4.57 Å². The summed E-state index contributed by atoms with van der Waals surface area (Å²) in [6.07, 6.45) is 1.72. The van der Waals surface area contributed by atoms with Gasteiger partial charge in [0.15, 0.2) is 5.78 Å². The fourth-order valence-corrected chi connectivity index (χ4v) is 2.05. The van der Waals surface area contributed by atoms with Crippen LogP contribution >= 0.6 is 0 Å². The van der Waals surface area contributed by atoms with Crippen molar-refractivity contribution in [3.05, 3.63) is 36.0 Å². The summed E-state index contributed by atoms with van der Waals surface area (Å²) in [6, 6.07) is 7.54. The van der Waals surface area contributed by atoms with Gasteiger partial charge in [0, 0.05) is 28.6 Å². The topological polar surface area (TPSA) is 65.1 Å². The van der Waals surface area contributed by atoms with Crippen molar-refractivity contribution >= 4 is 22.6 Å². The Morgan fingerprint density at radius 1 is 1.28 bits per heavy atom. The number of ketones is 1. The number of aromatic nitrogens is 1. The van der Waals surface area contributed by atoms with Gasteiger partial charge in [-0.15, -0.1) is 0 Å². The number of nitrogens with two attached hydrogens (primary N) is 1. The van der Waals surface area contributed by atoms with Gasteiger partial charge in [0.2, 0.25) is 5.91 Å². The number of hydrogen-bond donors (Lipinski definition) is 1. The van der Waals surface area contributed by atoms with E-state index >= 15 is 0 Å². The molecule has 94 valence electrons. The molecule has 1 aromatic heterocycles. The molecule has 0 aliphatic rings. The predicted molar refractivity (Wildman–Crippen MR) is 70.3 cm³/mol. The van der Waals surface area contributed by atoms with Crippen LogP contribution < -0.4 is 5.73 Å². The first-order valence-electron chi connectivity index (χ1n) is 5.91. The summed E-state index contributed by atoms with van der Waals surface area (Å²) in [5.74, 6) is -0.411. The Morgan fingerprint density at radius 2 is 1.94 bits per heavy atom. The molecule has 0 unspecified atom stereocenters. The van der Waals surface area contributed by atoms with Gasteiger partial charge in [-0.2, -0.15) is 0 Å². The third kappa shape index (κ3) is 2.14. The molecule has 2 aromatic rings. The highest BCUT2D eigenvalue weighted by Crippen LogP contribution is 2.23. The summed E-state index contributed by atoms with van der Waals surface area (Å²) >= 11 is 0. The number of rotatable bonds is 4. The van der Waals surface area contributed by atoms with Crippen LogP contribution in [-0.2, 0) is 11.3 Å². The lowest BCUT2D eigenvalue weighted by Crippen LogP contribution is -2.18. The molecule has 0 saturated heterocycles. The van der Waals surface area contributed by atoms with Crippen molar-refractivity contribution in [2.24, 2.45) is 11.7 Å². The number of nitrogens with zero attached hydrogens (tertiary/aromatic N) is 1. The van der Waals surface area contributed by atoms with E-state index in [1.54, 1.807) is 10.8 Å². The molecule has 4 nitrogen and oxygen atoms in total. The van der Waals surface area contributed by atoms with Gasteiger partial charge in [0.1, 0.15) is 6.54 Å². The van der Waals surface area contributed by atoms with Crippen LogP contribution in [0.4, 0.5) is 0 Å². The quantitative estimate of drug-likeness (QED) is 0.835. The number of hydrogen-bond acceptors (Lipinski definition) is 2. The first-order valence-corrected chi connectivity index (χ1v) is 5.91. The van der Waals surface area contributed by atoms with Gasteiger partial charge in [-0.05, 0) is 6.07 Å². The van der Waals surface area contributed by atoms with E-state index in [1.165, 1.54) is 0 Å². The van der Waals surface area contributed by atoms with Gasteiger partial charge < -0.3 is 10.3 Å². The van der Waals surface area contributed by atoms with Crippen molar-refractivity contribution in [3.8, 4) is 0 Å². The molecule has 0 atom stereocenters. The van der Waals surface area contributed by atoms with Gasteiger partial charge in [-0.3, -0.25) is 9.59 Å². The van der Waals surface area contributed by atoms with Crippen molar-refractivity contribution in [3.63, 3.8) is 0 Å². The Hall–Kier alpha value is -2.10. The predicted octanol–water partition coefficient (Wildman–Crippen LogP) is 1.97. The molecule has 0 spiro atoms. The average molecular weight is 244 g/mol. The first kappa shape index (κ1) is 12.4. The van der Waals surface area contributed by atoms with Gasteiger partial charge in [-0.1, -0.05) is 32.0 Å². The molecule has 0 aliphatic carbocycles. The average Bonchev–Trinajstić information content (AvgIpc) is 2.67. The third-order valence-corrected chi connectivity index (χ3v) is 2.90. The fraction of sp³-hybridized carbons (Fsp3) is 0.286. The van der Waals surface area contributed by atoms with E-state index in [-0.39, 0.29) is 18.2 Å². The van der Waals surface area contributed by atoms with Crippen LogP contribution in [0.5, 0.6) is 0 Å². The number of para-hydroxylation sites is 1. The van der Waals surface area contributed by atoms with Crippen LogP contribution in [0.25, 0.3) is 10.9 Å². The molecule has 18 heavy (non-hydrogen) atoms. The molecule has 1 amide bonds. The molecule has 0 fully saturated rings. The standard InChI is InChI=1S/C14H16N2O2/c1-9(2)14(18)11-7-16(8-13(15)17)12-6-4-3-5-10(11)12/h3-7,9H,8H2,1-2H3,(H2,15,17). The smallest absolute Gasteiger partial charge is 0.237 e. The third-order valence-electron chi connectivity index (χ3n) is 2.90. The molecular formula is C14H16N2O2. The second-order valence-electron chi connectivity index (χ2n) is 4.67. The van der Waals surface area contributed by atoms with Crippen LogP contribution in [0.1, 0.15) is 24.2 Å². The van der Waals surface area contributed by atoms with E-state index in [0.717, 1.165) is 10.9 Å². The summed E-state index contributed by atoms with van der Waals surface area (Å²) in [4.78, 5) is 23.2. The van der Waals surface area contributed by atoms with E-state index in [1.807, 2.05) is 38.1 Å². The normalized spacial score (nSPS) is 11.1. The highest BCUT2D eigenvalue weighted by Gasteiger charge is 2.17. The number of benzene rings is 1. The maximum Gasteiger partial charge on any atom is 0.237 e. The lowest BCUT2D eigenvalue weighted by Gasteiger charge is -2.01. The van der Waals surface area contributed by atoms with E-state index in [4.69, 9.17) is 5.73 Å². The number of Topliss-reactive ketones (excluding diaryl/α,β-unsaturated/α-hetero) is 1. The molecule has 0 aliphatic heterocycles. The van der Waals surface area contributed by atoms with E-state index in [9.17, 15) is 9.59 Å². The number of amides is 1. The minimum absolute atomic E-state index is 0.0714.